The molecule has 1 aliphatic rings. The summed E-state index contributed by atoms with van der Waals surface area (Å²) in [6, 6.07) is 6.01. The molecule has 3 aromatic heterocycles. The molecule has 11 nitrogen and oxygen atoms in total. The van der Waals surface area contributed by atoms with Crippen molar-refractivity contribution in [1.82, 2.24) is 24.9 Å². The summed E-state index contributed by atoms with van der Waals surface area (Å²) in [5.41, 5.74) is -2.42. The predicted molar refractivity (Wildman–Crippen MR) is 145 cm³/mol. The van der Waals surface area contributed by atoms with E-state index in [2.05, 4.69) is 30.4 Å². The van der Waals surface area contributed by atoms with Crippen molar-refractivity contribution >= 4 is 33.8 Å². The summed E-state index contributed by atoms with van der Waals surface area (Å²) in [5, 5.41) is 11.5. The van der Waals surface area contributed by atoms with Crippen molar-refractivity contribution in [3.63, 3.8) is 0 Å². The molecule has 1 unspecified atom stereocenters. The first-order chi connectivity index (χ1) is 19.6. The molecule has 0 aliphatic carbocycles. The van der Waals surface area contributed by atoms with Gasteiger partial charge in [-0.25, -0.2) is 9.67 Å². The summed E-state index contributed by atoms with van der Waals surface area (Å²) in [6.45, 7) is 2.83. The molecular weight excluding hydrogens is 587 g/mol. The molecule has 0 bridgehead atoms. The number of hydrogen-bond acceptors (Lipinski definition) is 11. The molecule has 1 saturated heterocycles. The molecule has 0 amide bonds. The van der Waals surface area contributed by atoms with Crippen molar-refractivity contribution in [3.05, 3.63) is 74.2 Å². The van der Waals surface area contributed by atoms with Gasteiger partial charge in [0.25, 0.3) is 11.4 Å². The van der Waals surface area contributed by atoms with Gasteiger partial charge in [-0.05, 0) is 24.6 Å². The molecule has 1 aliphatic heterocycles. The van der Waals surface area contributed by atoms with Gasteiger partial charge in [-0.1, -0.05) is 40.2 Å². The number of ether oxygens (including phenoxy) is 2. The fraction of sp³-hybridized carbons (Fsp3) is 0.400. The number of aromatic nitrogens is 5. The fourth-order valence-corrected chi connectivity index (χ4v) is 5.12. The number of methoxy groups -OCH3 is 1. The summed E-state index contributed by atoms with van der Waals surface area (Å²) in [5.74, 6) is 1.46. The molecular formula is C25H25ClF3N7O4S. The smallest absolute Gasteiger partial charge is 0.423 e. The second-order valence-electron chi connectivity index (χ2n) is 9.40. The maximum atomic E-state index is 13.9. The van der Waals surface area contributed by atoms with E-state index < -0.39 is 29.0 Å². The van der Waals surface area contributed by atoms with Crippen molar-refractivity contribution in [3.8, 4) is 5.75 Å². The highest BCUT2D eigenvalue weighted by Crippen LogP contribution is 2.34. The van der Waals surface area contributed by atoms with E-state index in [1.54, 1.807) is 37.4 Å². The number of nitrogens with zero attached hydrogens (tertiary/aromatic N) is 6. The Morgan fingerprint density at radius 1 is 1.24 bits per heavy atom. The van der Waals surface area contributed by atoms with Crippen LogP contribution in [0.1, 0.15) is 35.7 Å². The van der Waals surface area contributed by atoms with Crippen LogP contribution in [0.3, 0.4) is 0 Å². The zero-order chi connectivity index (χ0) is 29.1. The third-order valence-electron chi connectivity index (χ3n) is 6.28. The molecule has 0 saturated carbocycles. The number of nitrogens with one attached hydrogen (secondary N) is 1. The van der Waals surface area contributed by atoms with Crippen molar-refractivity contribution in [2.24, 2.45) is 0 Å². The topological polar surface area (TPSA) is 120 Å². The van der Waals surface area contributed by atoms with Gasteiger partial charge in [-0.3, -0.25) is 4.79 Å². The molecule has 41 heavy (non-hydrogen) atoms. The van der Waals surface area contributed by atoms with E-state index in [0.29, 0.717) is 34.6 Å². The zero-order valence-electron chi connectivity index (χ0n) is 21.9. The molecule has 0 spiro atoms. The first-order valence-electron chi connectivity index (χ1n) is 12.4. The van der Waals surface area contributed by atoms with Gasteiger partial charge < -0.3 is 24.2 Å². The highest BCUT2D eigenvalue weighted by atomic mass is 35.5. The van der Waals surface area contributed by atoms with Gasteiger partial charge in [0.05, 0.1) is 44.3 Å². The van der Waals surface area contributed by atoms with E-state index in [1.807, 2.05) is 0 Å². The van der Waals surface area contributed by atoms with E-state index in [0.717, 1.165) is 16.0 Å². The summed E-state index contributed by atoms with van der Waals surface area (Å²) in [6.07, 6.45) is -2.30. The number of alkyl halides is 3. The molecule has 1 aromatic carbocycles. The van der Waals surface area contributed by atoms with Crippen LogP contribution in [-0.4, -0.2) is 57.8 Å². The molecule has 4 aromatic rings. The van der Waals surface area contributed by atoms with Crippen LogP contribution in [0.2, 0.25) is 4.34 Å². The van der Waals surface area contributed by atoms with E-state index in [-0.39, 0.29) is 31.6 Å². The van der Waals surface area contributed by atoms with E-state index in [9.17, 15) is 18.0 Å². The number of benzene rings is 1. The van der Waals surface area contributed by atoms with Gasteiger partial charge in [-0.2, -0.15) is 23.3 Å². The van der Waals surface area contributed by atoms with E-state index in [4.69, 9.17) is 25.6 Å². The van der Waals surface area contributed by atoms with Crippen LogP contribution in [0.25, 0.3) is 0 Å². The van der Waals surface area contributed by atoms with Gasteiger partial charge in [0.15, 0.2) is 11.0 Å². The molecule has 218 valence electrons. The standard InChI is InChI=1S/C25H25ClF3N7O4S/c1-14(12-39-13-20-33-22(34-40-20)16-10-35(11-16)24-30-8-19(26)41-24)32-18-7-31-36(23(37)21(18)25(27,28)29)9-15-3-5-17(38-2)6-4-15/h3-8,14,16,32H,9-13H2,1-2H3. The maximum absolute atomic E-state index is 13.9. The van der Waals surface area contributed by atoms with Crippen LogP contribution in [0.4, 0.5) is 24.0 Å². The Bertz CT molecular complexity index is 1540. The van der Waals surface area contributed by atoms with Crippen LogP contribution in [-0.2, 0) is 24.1 Å². The minimum Gasteiger partial charge on any atom is -0.497 e. The summed E-state index contributed by atoms with van der Waals surface area (Å²) < 4.78 is 59.0. The number of hydrogen-bond donors (Lipinski definition) is 1. The minimum absolute atomic E-state index is 0.00591. The Hall–Kier alpha value is -3.69. The van der Waals surface area contributed by atoms with Crippen molar-refractivity contribution < 1.29 is 27.2 Å². The Balaban J connectivity index is 1.15. The lowest BCUT2D eigenvalue weighted by molar-refractivity contribution is -0.138. The largest absolute Gasteiger partial charge is 0.497 e. The lowest BCUT2D eigenvalue weighted by atomic mass is 10.0. The fourth-order valence-electron chi connectivity index (χ4n) is 4.20. The second kappa shape index (κ2) is 12.0. The molecule has 1 N–H and O–H groups in total. The molecule has 1 fully saturated rings. The molecule has 16 heteroatoms. The molecule has 1 atom stereocenters. The Kier molecular flexibility index (Phi) is 8.47. The predicted octanol–water partition coefficient (Wildman–Crippen LogP) is 4.43. The molecule has 4 heterocycles. The van der Waals surface area contributed by atoms with Crippen molar-refractivity contribution in [2.45, 2.75) is 38.2 Å². The lowest BCUT2D eigenvalue weighted by Gasteiger charge is -2.37. The van der Waals surface area contributed by atoms with E-state index >= 15 is 0 Å². The number of rotatable bonds is 11. The van der Waals surface area contributed by atoms with Crippen LogP contribution >= 0.6 is 22.9 Å². The third kappa shape index (κ3) is 6.80. The van der Waals surface area contributed by atoms with Crippen LogP contribution < -0.4 is 20.5 Å². The highest BCUT2D eigenvalue weighted by Gasteiger charge is 2.38. The monoisotopic (exact) mass is 611 g/mol. The normalized spacial score (nSPS) is 14.6. The molecule has 0 radical (unpaired) electrons. The van der Waals surface area contributed by atoms with Crippen molar-refractivity contribution in [2.75, 3.05) is 37.0 Å². The average molecular weight is 612 g/mol. The van der Waals surface area contributed by atoms with Gasteiger partial charge in [-0.15, -0.1) is 0 Å². The summed E-state index contributed by atoms with van der Waals surface area (Å²) in [7, 11) is 1.50. The van der Waals surface area contributed by atoms with Gasteiger partial charge >= 0.3 is 6.18 Å². The average Bonchev–Trinajstić information content (AvgIpc) is 3.53. The third-order valence-corrected chi connectivity index (χ3v) is 7.46. The number of anilines is 2. The summed E-state index contributed by atoms with van der Waals surface area (Å²) in [4.78, 5) is 23.4. The Morgan fingerprint density at radius 2 is 2.00 bits per heavy atom. The summed E-state index contributed by atoms with van der Waals surface area (Å²) >= 11 is 7.33. The Labute approximate surface area is 240 Å². The zero-order valence-corrected chi connectivity index (χ0v) is 23.5. The highest BCUT2D eigenvalue weighted by molar-refractivity contribution is 7.19. The number of halogens is 4. The van der Waals surface area contributed by atoms with Crippen molar-refractivity contribution in [1.29, 1.82) is 0 Å². The van der Waals surface area contributed by atoms with E-state index in [1.165, 1.54) is 18.4 Å². The van der Waals surface area contributed by atoms with Crippen LogP contribution in [0, 0.1) is 0 Å². The van der Waals surface area contributed by atoms with Gasteiger partial charge in [0, 0.05) is 19.1 Å². The SMILES string of the molecule is COc1ccc(Cn2ncc(NC(C)COCc3nc(C4CN(c5ncc(Cl)s5)C4)no3)c(C(F)(F)F)c2=O)cc1. The first-order valence-corrected chi connectivity index (χ1v) is 13.6. The quantitative estimate of drug-likeness (QED) is 0.261. The minimum atomic E-state index is -4.90. The second-order valence-corrected chi connectivity index (χ2v) is 11.0. The van der Waals surface area contributed by atoms with Crippen LogP contribution in [0.15, 0.2) is 46.0 Å². The Morgan fingerprint density at radius 3 is 2.66 bits per heavy atom. The van der Waals surface area contributed by atoms with Crippen LogP contribution in [0.5, 0.6) is 5.75 Å². The van der Waals surface area contributed by atoms with Gasteiger partial charge in [0.2, 0.25) is 0 Å². The van der Waals surface area contributed by atoms with Gasteiger partial charge in [0.1, 0.15) is 22.3 Å². The molecule has 5 rings (SSSR count). The number of thiazole rings is 1. The maximum Gasteiger partial charge on any atom is 0.423 e. The first kappa shape index (κ1) is 28.8. The lowest BCUT2D eigenvalue weighted by Crippen LogP contribution is -2.45.